The van der Waals surface area contributed by atoms with E-state index in [1.54, 1.807) is 0 Å². The lowest BCUT2D eigenvalue weighted by atomic mass is 10.0. The molecule has 0 radical (unpaired) electrons. The fourth-order valence-electron chi connectivity index (χ4n) is 1.78. The molecule has 0 unspecified atom stereocenters. The Hall–Kier alpha value is -2.18. The molecule has 0 spiro atoms. The highest BCUT2D eigenvalue weighted by molar-refractivity contribution is 5.71. The Morgan fingerprint density at radius 3 is 2.05 bits per heavy atom. The fourth-order valence-corrected chi connectivity index (χ4v) is 1.78. The third kappa shape index (κ3) is 3.48. The van der Waals surface area contributed by atoms with Crippen molar-refractivity contribution in [1.82, 2.24) is 0 Å². The second-order valence-electron chi connectivity index (χ2n) is 4.07. The molecule has 0 aliphatic rings. The Labute approximate surface area is 115 Å². The van der Waals surface area contributed by atoms with E-state index in [-0.39, 0.29) is 11.1 Å². The van der Waals surface area contributed by atoms with Gasteiger partial charge in [-0.05, 0) is 23.8 Å². The zero-order chi connectivity index (χ0) is 15.6. The largest absolute Gasteiger partial charge is 0.431 e. The van der Waals surface area contributed by atoms with Gasteiger partial charge in [0.25, 0.3) is 0 Å². The van der Waals surface area contributed by atoms with Gasteiger partial charge in [-0.25, -0.2) is 4.39 Å². The highest BCUT2D eigenvalue weighted by Gasteiger charge is 2.30. The van der Waals surface area contributed by atoms with E-state index in [9.17, 15) is 26.3 Å². The van der Waals surface area contributed by atoms with Gasteiger partial charge in [0.05, 0.1) is 5.56 Å². The molecule has 112 valence electrons. The molecule has 0 aromatic heterocycles. The monoisotopic (exact) mass is 306 g/mol. The lowest BCUT2D eigenvalue weighted by molar-refractivity contribution is -0.137. The van der Waals surface area contributed by atoms with Crippen molar-refractivity contribution in [2.75, 3.05) is 0 Å². The van der Waals surface area contributed by atoms with Gasteiger partial charge in [0.1, 0.15) is 0 Å². The van der Waals surface area contributed by atoms with Crippen LogP contribution in [0.1, 0.15) is 5.56 Å². The van der Waals surface area contributed by atoms with Crippen molar-refractivity contribution in [3.8, 4) is 16.9 Å². The van der Waals surface area contributed by atoms with Crippen LogP contribution in [-0.4, -0.2) is 6.61 Å². The summed E-state index contributed by atoms with van der Waals surface area (Å²) in [5.41, 5.74) is -0.804. The molecule has 7 heteroatoms. The molecule has 1 nitrogen and oxygen atoms in total. The van der Waals surface area contributed by atoms with Crippen molar-refractivity contribution in [3.05, 3.63) is 53.8 Å². The van der Waals surface area contributed by atoms with E-state index < -0.39 is 29.9 Å². The number of benzene rings is 2. The molecule has 0 saturated carbocycles. The van der Waals surface area contributed by atoms with E-state index in [1.807, 2.05) is 0 Å². The number of ether oxygens (including phenoxy) is 1. The first-order valence-corrected chi connectivity index (χ1v) is 5.70. The van der Waals surface area contributed by atoms with Crippen LogP contribution in [0.5, 0.6) is 5.75 Å². The van der Waals surface area contributed by atoms with Gasteiger partial charge in [-0.15, -0.1) is 0 Å². The van der Waals surface area contributed by atoms with Crippen LogP contribution in [0.15, 0.2) is 42.5 Å². The molecule has 0 N–H and O–H groups in total. The van der Waals surface area contributed by atoms with Gasteiger partial charge in [0.15, 0.2) is 11.6 Å². The van der Waals surface area contributed by atoms with Crippen LogP contribution in [-0.2, 0) is 6.18 Å². The first kappa shape index (κ1) is 15.2. The number of hydrogen-bond donors (Lipinski definition) is 0. The second-order valence-corrected chi connectivity index (χ2v) is 4.07. The van der Waals surface area contributed by atoms with E-state index >= 15 is 0 Å². The minimum atomic E-state index is -4.51. The Morgan fingerprint density at radius 2 is 1.52 bits per heavy atom. The van der Waals surface area contributed by atoms with Crippen molar-refractivity contribution in [3.63, 3.8) is 0 Å². The maximum Gasteiger partial charge on any atom is 0.416 e. The Kier molecular flexibility index (Phi) is 4.11. The predicted molar refractivity (Wildman–Crippen MR) is 63.5 cm³/mol. The molecule has 21 heavy (non-hydrogen) atoms. The third-order valence-corrected chi connectivity index (χ3v) is 2.70. The minimum Gasteiger partial charge on any atom is -0.431 e. The summed E-state index contributed by atoms with van der Waals surface area (Å²) in [5.74, 6) is -1.72. The first-order valence-electron chi connectivity index (χ1n) is 5.70. The molecule has 2 aromatic rings. The zero-order valence-electron chi connectivity index (χ0n) is 10.3. The van der Waals surface area contributed by atoms with E-state index in [4.69, 9.17) is 0 Å². The number of halogens is 6. The van der Waals surface area contributed by atoms with Gasteiger partial charge in [0.2, 0.25) is 0 Å². The van der Waals surface area contributed by atoms with Crippen molar-refractivity contribution < 1.29 is 31.1 Å². The SMILES string of the molecule is Fc1cccc(-c2ccc(C(F)(F)F)cc2)c1OC(F)F. The van der Waals surface area contributed by atoms with Crippen LogP contribution >= 0.6 is 0 Å². The second kappa shape index (κ2) is 5.67. The average molecular weight is 306 g/mol. The van der Waals surface area contributed by atoms with E-state index in [2.05, 4.69) is 4.74 Å². The highest BCUT2D eigenvalue weighted by Crippen LogP contribution is 2.35. The maximum absolute atomic E-state index is 13.5. The van der Waals surface area contributed by atoms with Crippen LogP contribution in [0.25, 0.3) is 11.1 Å². The summed E-state index contributed by atoms with van der Waals surface area (Å²) >= 11 is 0. The Morgan fingerprint density at radius 1 is 0.905 bits per heavy atom. The van der Waals surface area contributed by atoms with Crippen LogP contribution in [0.3, 0.4) is 0 Å². The molecule has 0 saturated heterocycles. The molecule has 2 rings (SSSR count). The summed E-state index contributed by atoms with van der Waals surface area (Å²) in [4.78, 5) is 0. The summed E-state index contributed by atoms with van der Waals surface area (Å²) in [6, 6.07) is 7.15. The highest BCUT2D eigenvalue weighted by atomic mass is 19.4. The molecule has 0 fully saturated rings. The minimum absolute atomic E-state index is 0.0518. The first-order chi connectivity index (χ1) is 9.79. The maximum atomic E-state index is 13.5. The van der Waals surface area contributed by atoms with Crippen LogP contribution in [0.4, 0.5) is 26.3 Å². The smallest absolute Gasteiger partial charge is 0.416 e. The molecule has 0 amide bonds. The molecular formula is C14H8F6O. The number of rotatable bonds is 3. The van der Waals surface area contributed by atoms with Gasteiger partial charge < -0.3 is 4.74 Å². The van der Waals surface area contributed by atoms with Crippen molar-refractivity contribution in [2.24, 2.45) is 0 Å². The van der Waals surface area contributed by atoms with Crippen molar-refractivity contribution in [1.29, 1.82) is 0 Å². The summed E-state index contributed by atoms with van der Waals surface area (Å²) in [7, 11) is 0. The number of alkyl halides is 5. The standard InChI is InChI=1S/C14H8F6O/c15-11-3-1-2-10(12(11)21-13(16)17)8-4-6-9(7-5-8)14(18,19)20/h1-7,13H. The quantitative estimate of drug-likeness (QED) is 0.716. The third-order valence-electron chi connectivity index (χ3n) is 2.70. The average Bonchev–Trinajstić information content (AvgIpc) is 2.40. The van der Waals surface area contributed by atoms with Gasteiger partial charge in [0, 0.05) is 5.56 Å². The van der Waals surface area contributed by atoms with Gasteiger partial charge in [-0.3, -0.25) is 0 Å². The van der Waals surface area contributed by atoms with Crippen LogP contribution in [0.2, 0.25) is 0 Å². The van der Waals surface area contributed by atoms with Crippen molar-refractivity contribution >= 4 is 0 Å². The Balaban J connectivity index is 2.45. The van der Waals surface area contributed by atoms with E-state index in [0.717, 1.165) is 30.3 Å². The number of para-hydroxylation sites is 1. The lowest BCUT2D eigenvalue weighted by Gasteiger charge is -2.12. The molecule has 0 heterocycles. The molecule has 0 aliphatic heterocycles. The fraction of sp³-hybridized carbons (Fsp3) is 0.143. The summed E-state index contributed by atoms with van der Waals surface area (Å²) in [5, 5.41) is 0. The summed E-state index contributed by atoms with van der Waals surface area (Å²) < 4.78 is 79.5. The van der Waals surface area contributed by atoms with Crippen molar-refractivity contribution in [2.45, 2.75) is 12.8 Å². The molecule has 0 aliphatic carbocycles. The molecule has 0 atom stereocenters. The summed E-state index contributed by atoms with van der Waals surface area (Å²) in [6.07, 6.45) is -4.51. The Bertz CT molecular complexity index is 618. The zero-order valence-corrected chi connectivity index (χ0v) is 10.3. The van der Waals surface area contributed by atoms with Gasteiger partial charge >= 0.3 is 12.8 Å². The molecular weight excluding hydrogens is 298 g/mol. The molecule has 2 aromatic carbocycles. The van der Waals surface area contributed by atoms with Gasteiger partial charge in [-0.2, -0.15) is 22.0 Å². The normalized spacial score (nSPS) is 11.8. The van der Waals surface area contributed by atoms with Gasteiger partial charge in [-0.1, -0.05) is 24.3 Å². The van der Waals surface area contributed by atoms with E-state index in [0.29, 0.717) is 0 Å². The van der Waals surface area contributed by atoms with E-state index in [1.165, 1.54) is 12.1 Å². The van der Waals surface area contributed by atoms with Crippen LogP contribution in [0, 0.1) is 5.82 Å². The summed E-state index contributed by atoms with van der Waals surface area (Å²) in [6.45, 7) is -3.24. The van der Waals surface area contributed by atoms with Crippen LogP contribution < -0.4 is 4.74 Å². The number of hydrogen-bond acceptors (Lipinski definition) is 1. The predicted octanol–water partition coefficient (Wildman–Crippen LogP) is 5.11. The lowest BCUT2D eigenvalue weighted by Crippen LogP contribution is -2.06. The topological polar surface area (TPSA) is 9.23 Å². The molecule has 0 bridgehead atoms.